The van der Waals surface area contributed by atoms with Gasteiger partial charge in [-0.2, -0.15) is 5.26 Å². The molecule has 2 atom stereocenters. The SMILES string of the molecule is CC(C)[Si](OC(CNC(=O)OC(C)(C)C)C[C@@H](CNC(=O)c1[nH]c2c(F)cccc2c1-c1ccc(C#N)cc1)NC(=O)O)(C(C)C)C(C)C. The van der Waals surface area contributed by atoms with Crippen molar-refractivity contribution in [1.29, 1.82) is 5.26 Å². The van der Waals surface area contributed by atoms with Crippen molar-refractivity contribution in [3.05, 3.63) is 59.5 Å². The zero-order valence-corrected chi connectivity index (χ0v) is 30.9. The number of aromatic amines is 1. The van der Waals surface area contributed by atoms with Crippen LogP contribution in [0.1, 0.15) is 84.8 Å². The molecule has 13 heteroatoms. The number of alkyl carbamates (subject to hydrolysis) is 1. The predicted molar refractivity (Wildman–Crippen MR) is 190 cm³/mol. The molecule has 1 heterocycles. The molecule has 0 spiro atoms. The van der Waals surface area contributed by atoms with Crippen LogP contribution in [0.5, 0.6) is 0 Å². The summed E-state index contributed by atoms with van der Waals surface area (Å²) < 4.78 is 27.3. The molecule has 1 aromatic heterocycles. The predicted octanol–water partition coefficient (Wildman–Crippen LogP) is 7.69. The van der Waals surface area contributed by atoms with Crippen LogP contribution < -0.4 is 16.0 Å². The number of aromatic nitrogens is 1. The lowest BCUT2D eigenvalue weighted by molar-refractivity contribution is 0.0486. The number of carbonyl (C=O) groups is 3. The number of H-pyrrole nitrogens is 1. The Morgan fingerprint density at radius 1 is 0.959 bits per heavy atom. The van der Waals surface area contributed by atoms with Crippen LogP contribution in [-0.4, -0.2) is 67.3 Å². The van der Waals surface area contributed by atoms with Crippen LogP contribution in [0.15, 0.2) is 42.5 Å². The summed E-state index contributed by atoms with van der Waals surface area (Å²) in [4.78, 5) is 41.3. The van der Waals surface area contributed by atoms with Crippen LogP contribution in [-0.2, 0) is 9.16 Å². The van der Waals surface area contributed by atoms with Crippen molar-refractivity contribution in [2.75, 3.05) is 13.1 Å². The number of nitrogens with one attached hydrogen (secondary N) is 4. The number of halogens is 1. The number of carbonyl (C=O) groups excluding carboxylic acids is 2. The van der Waals surface area contributed by atoms with Gasteiger partial charge in [0.15, 0.2) is 0 Å². The maximum absolute atomic E-state index is 14.9. The maximum atomic E-state index is 14.9. The van der Waals surface area contributed by atoms with Gasteiger partial charge in [0.2, 0.25) is 8.32 Å². The van der Waals surface area contributed by atoms with E-state index in [1.807, 2.05) is 0 Å². The van der Waals surface area contributed by atoms with Crippen molar-refractivity contribution in [3.63, 3.8) is 0 Å². The number of hydrogen-bond acceptors (Lipinski definition) is 6. The number of nitrogens with zero attached hydrogens (tertiary/aromatic N) is 1. The molecule has 3 rings (SSSR count). The highest BCUT2D eigenvalue weighted by molar-refractivity contribution is 6.77. The Morgan fingerprint density at radius 2 is 1.57 bits per heavy atom. The first-order chi connectivity index (χ1) is 22.9. The Hall–Kier alpha value is -4.41. The molecule has 11 nitrogen and oxygen atoms in total. The fourth-order valence-corrected chi connectivity index (χ4v) is 12.3. The Morgan fingerprint density at radius 3 is 2.10 bits per heavy atom. The van der Waals surface area contributed by atoms with Crippen molar-refractivity contribution in [3.8, 4) is 17.2 Å². The zero-order chi connectivity index (χ0) is 36.7. The van der Waals surface area contributed by atoms with E-state index in [0.717, 1.165) is 0 Å². The molecule has 0 aliphatic rings. The van der Waals surface area contributed by atoms with Gasteiger partial charge < -0.3 is 35.2 Å². The molecule has 0 radical (unpaired) electrons. The summed E-state index contributed by atoms with van der Waals surface area (Å²) >= 11 is 0. The van der Waals surface area contributed by atoms with Crippen LogP contribution in [0.25, 0.3) is 22.0 Å². The number of ether oxygens (including phenoxy) is 1. The fourth-order valence-electron chi connectivity index (χ4n) is 6.73. The van der Waals surface area contributed by atoms with Gasteiger partial charge in [0.05, 0.1) is 29.3 Å². The summed E-state index contributed by atoms with van der Waals surface area (Å²) in [6.45, 7) is 18.0. The molecular formula is C36H50FN5O6Si. The standard InChI is InChI=1S/C36H50FN5O6Si/c1-21(2)49(22(3)4,23(5)6)48-27(20-40-35(46)47-36(7,8)9)17-26(41-34(44)45)19-39-33(43)32-30(25-15-13-24(18-38)14-16-25)28-11-10-12-29(37)31(28)42-32/h10-16,21-23,26-27,41-42H,17,19-20H2,1-9H3,(H,39,43)(H,40,46)(H,44,45)/t26-,27?/m0/s1. The second kappa shape index (κ2) is 16.3. The smallest absolute Gasteiger partial charge is 0.407 e. The lowest BCUT2D eigenvalue weighted by Gasteiger charge is -2.45. The van der Waals surface area contributed by atoms with E-state index in [0.29, 0.717) is 22.1 Å². The molecule has 0 fully saturated rings. The highest BCUT2D eigenvalue weighted by Crippen LogP contribution is 2.43. The molecular weight excluding hydrogens is 646 g/mol. The van der Waals surface area contributed by atoms with Gasteiger partial charge in [-0.15, -0.1) is 0 Å². The van der Waals surface area contributed by atoms with Crippen molar-refractivity contribution in [2.45, 2.75) is 103 Å². The maximum Gasteiger partial charge on any atom is 0.407 e. The molecule has 0 aliphatic carbocycles. The molecule has 0 aliphatic heterocycles. The summed E-state index contributed by atoms with van der Waals surface area (Å²) in [5.74, 6) is -1.12. The largest absolute Gasteiger partial charge is 0.465 e. The first-order valence-electron chi connectivity index (χ1n) is 16.6. The quantitative estimate of drug-likeness (QED) is 0.108. The van der Waals surface area contributed by atoms with E-state index in [2.05, 4.69) is 68.5 Å². The number of para-hydroxylation sites is 1. The second-order valence-electron chi connectivity index (χ2n) is 14.3. The highest BCUT2D eigenvalue weighted by atomic mass is 28.4. The third kappa shape index (κ3) is 9.83. The van der Waals surface area contributed by atoms with E-state index in [4.69, 9.17) is 9.16 Å². The highest BCUT2D eigenvalue weighted by Gasteiger charge is 2.47. The lowest BCUT2D eigenvalue weighted by Crippen LogP contribution is -2.54. The molecule has 49 heavy (non-hydrogen) atoms. The van der Waals surface area contributed by atoms with Crippen LogP contribution in [0.2, 0.25) is 16.6 Å². The molecule has 266 valence electrons. The van der Waals surface area contributed by atoms with E-state index >= 15 is 0 Å². The molecule has 1 unspecified atom stereocenters. The average molecular weight is 696 g/mol. The van der Waals surface area contributed by atoms with Crippen LogP contribution >= 0.6 is 0 Å². The van der Waals surface area contributed by atoms with Gasteiger partial charge >= 0.3 is 12.2 Å². The van der Waals surface area contributed by atoms with E-state index in [1.165, 1.54) is 6.07 Å². The minimum Gasteiger partial charge on any atom is -0.465 e. The topological polar surface area (TPSA) is 166 Å². The van der Waals surface area contributed by atoms with Crippen molar-refractivity contribution in [2.24, 2.45) is 0 Å². The fraction of sp³-hybridized carbons (Fsp3) is 0.500. The number of amides is 3. The van der Waals surface area contributed by atoms with E-state index in [1.54, 1.807) is 57.2 Å². The number of carboxylic acid groups (broad SMARTS) is 1. The average Bonchev–Trinajstić information content (AvgIpc) is 3.40. The summed E-state index contributed by atoms with van der Waals surface area (Å²) in [6, 6.07) is 12.4. The third-order valence-electron chi connectivity index (χ3n) is 8.65. The minimum atomic E-state index is -2.51. The Balaban J connectivity index is 1.95. The minimum absolute atomic E-state index is 0.0612. The zero-order valence-electron chi connectivity index (χ0n) is 29.9. The normalized spacial score (nSPS) is 13.3. The second-order valence-corrected chi connectivity index (χ2v) is 19.7. The van der Waals surface area contributed by atoms with Crippen molar-refractivity contribution in [1.82, 2.24) is 20.9 Å². The Bertz CT molecular complexity index is 1640. The first kappa shape index (κ1) is 39.0. The van der Waals surface area contributed by atoms with Gasteiger partial charge in [0.25, 0.3) is 5.91 Å². The van der Waals surface area contributed by atoms with Gasteiger partial charge in [-0.1, -0.05) is 65.8 Å². The molecule has 0 saturated carbocycles. The molecule has 2 aromatic carbocycles. The molecule has 3 aromatic rings. The van der Waals surface area contributed by atoms with Crippen LogP contribution in [0, 0.1) is 17.1 Å². The lowest BCUT2D eigenvalue weighted by atomic mass is 10.00. The van der Waals surface area contributed by atoms with Crippen LogP contribution in [0.4, 0.5) is 14.0 Å². The van der Waals surface area contributed by atoms with Gasteiger partial charge in [0, 0.05) is 24.0 Å². The number of fused-ring (bicyclic) bond motifs is 1. The van der Waals surface area contributed by atoms with Crippen molar-refractivity contribution < 1.29 is 33.0 Å². The van der Waals surface area contributed by atoms with Gasteiger partial charge in [-0.25, -0.2) is 14.0 Å². The molecule has 0 bridgehead atoms. The van der Waals surface area contributed by atoms with Crippen LogP contribution in [0.3, 0.4) is 0 Å². The Labute approximate surface area is 289 Å². The monoisotopic (exact) mass is 695 g/mol. The number of benzene rings is 2. The number of hydrogen-bond donors (Lipinski definition) is 5. The third-order valence-corrected chi connectivity index (χ3v) is 14.8. The van der Waals surface area contributed by atoms with E-state index in [-0.39, 0.29) is 47.3 Å². The summed E-state index contributed by atoms with van der Waals surface area (Å²) in [5, 5.41) is 27.6. The molecule has 5 N–H and O–H groups in total. The summed E-state index contributed by atoms with van der Waals surface area (Å²) in [7, 11) is -2.51. The Kier molecular flexibility index (Phi) is 13.0. The van der Waals surface area contributed by atoms with Crippen molar-refractivity contribution >= 4 is 37.3 Å². The van der Waals surface area contributed by atoms with Gasteiger partial charge in [-0.05, 0) is 67.6 Å². The number of nitriles is 1. The molecule has 0 saturated heterocycles. The molecule has 3 amide bonds. The van der Waals surface area contributed by atoms with E-state index in [9.17, 15) is 29.1 Å². The number of rotatable bonds is 14. The summed E-state index contributed by atoms with van der Waals surface area (Å²) in [5.41, 5.74) is 1.63. The van der Waals surface area contributed by atoms with Gasteiger partial charge in [-0.3, -0.25) is 4.79 Å². The first-order valence-corrected chi connectivity index (χ1v) is 18.8. The summed E-state index contributed by atoms with van der Waals surface area (Å²) in [6.07, 6.45) is -2.39. The van der Waals surface area contributed by atoms with Gasteiger partial charge in [0.1, 0.15) is 17.1 Å². The van der Waals surface area contributed by atoms with E-state index < -0.39 is 50.0 Å².